The Hall–Kier alpha value is -1.69. The molecule has 2 aliphatic rings. The van der Waals surface area contributed by atoms with E-state index in [0.29, 0.717) is 17.9 Å². The zero-order valence-corrected chi connectivity index (χ0v) is 13.5. The van der Waals surface area contributed by atoms with E-state index in [1.54, 1.807) is 17.5 Å². The van der Waals surface area contributed by atoms with Crippen LogP contribution >= 0.6 is 11.3 Å². The number of thiophene rings is 1. The topological polar surface area (TPSA) is 51.0 Å². The van der Waals surface area contributed by atoms with E-state index in [1.165, 1.54) is 10.4 Å². The van der Waals surface area contributed by atoms with Crippen molar-refractivity contribution >= 4 is 17.2 Å². The fourth-order valence-corrected chi connectivity index (χ4v) is 4.63. The highest BCUT2D eigenvalue weighted by molar-refractivity contribution is 7.10. The van der Waals surface area contributed by atoms with Crippen molar-refractivity contribution in [1.29, 1.82) is 0 Å². The van der Waals surface area contributed by atoms with Gasteiger partial charge in [0.05, 0.1) is 12.2 Å². The normalized spacial score (nSPS) is 25.4. The van der Waals surface area contributed by atoms with Gasteiger partial charge >= 0.3 is 0 Å². The molecule has 1 saturated carbocycles. The molecule has 4 rings (SSSR count). The third-order valence-electron chi connectivity index (χ3n) is 4.94. The molecule has 1 amide bonds. The summed E-state index contributed by atoms with van der Waals surface area (Å²) in [7, 11) is 0. The number of hydrogen-bond donors (Lipinski definition) is 0. The van der Waals surface area contributed by atoms with Gasteiger partial charge < -0.3 is 4.90 Å². The maximum Gasteiger partial charge on any atom is 0.226 e. The standard InChI is InChI=1S/C16H20N4OS/c1-11-4-9-22-15(11)13-10-14(13)16(21)19-6-2-12(3-7-19)20-8-5-17-18-20/h4-5,8-9,12-14H,2-3,6-7,10H2,1H3. The minimum atomic E-state index is 0.222. The van der Waals surface area contributed by atoms with Crippen LogP contribution in [-0.2, 0) is 4.79 Å². The van der Waals surface area contributed by atoms with Gasteiger partial charge in [-0.3, -0.25) is 4.79 Å². The Bertz CT molecular complexity index is 658. The fourth-order valence-electron chi connectivity index (χ4n) is 3.52. The molecule has 6 heteroatoms. The Morgan fingerprint density at radius 1 is 1.36 bits per heavy atom. The van der Waals surface area contributed by atoms with Crippen molar-refractivity contribution in [2.75, 3.05) is 13.1 Å². The van der Waals surface area contributed by atoms with Crippen molar-refractivity contribution < 1.29 is 4.79 Å². The van der Waals surface area contributed by atoms with Crippen LogP contribution in [0.15, 0.2) is 23.8 Å². The van der Waals surface area contributed by atoms with Crippen LogP contribution in [0.3, 0.4) is 0 Å². The van der Waals surface area contributed by atoms with Crippen molar-refractivity contribution in [2.45, 2.75) is 38.1 Å². The van der Waals surface area contributed by atoms with Crippen LogP contribution in [-0.4, -0.2) is 38.9 Å². The SMILES string of the molecule is Cc1ccsc1C1CC1C(=O)N1CCC(n2ccnn2)CC1. The average Bonchev–Trinajstić information content (AvgIpc) is 2.95. The molecule has 0 spiro atoms. The summed E-state index contributed by atoms with van der Waals surface area (Å²) in [4.78, 5) is 16.1. The van der Waals surface area contributed by atoms with Crippen LogP contribution in [0.1, 0.15) is 41.7 Å². The van der Waals surface area contributed by atoms with Gasteiger partial charge in [0.25, 0.3) is 0 Å². The van der Waals surface area contributed by atoms with E-state index >= 15 is 0 Å². The van der Waals surface area contributed by atoms with Gasteiger partial charge in [-0.1, -0.05) is 5.21 Å². The van der Waals surface area contributed by atoms with Crippen LogP contribution in [0.4, 0.5) is 0 Å². The molecule has 2 unspecified atom stereocenters. The highest BCUT2D eigenvalue weighted by Crippen LogP contribution is 2.51. The van der Waals surface area contributed by atoms with E-state index < -0.39 is 0 Å². The number of aromatic nitrogens is 3. The molecule has 1 aliphatic carbocycles. The van der Waals surface area contributed by atoms with Gasteiger partial charge in [-0.25, -0.2) is 4.68 Å². The van der Waals surface area contributed by atoms with Crippen molar-refractivity contribution in [3.8, 4) is 0 Å². The molecule has 0 bridgehead atoms. The van der Waals surface area contributed by atoms with E-state index in [9.17, 15) is 4.79 Å². The van der Waals surface area contributed by atoms with E-state index in [1.807, 2.05) is 10.9 Å². The minimum Gasteiger partial charge on any atom is -0.342 e. The predicted molar refractivity (Wildman–Crippen MR) is 84.8 cm³/mol. The first-order valence-electron chi connectivity index (χ1n) is 7.92. The fraction of sp³-hybridized carbons (Fsp3) is 0.562. The molecule has 2 atom stereocenters. The number of likely N-dealkylation sites (tertiary alicyclic amines) is 1. The van der Waals surface area contributed by atoms with E-state index in [2.05, 4.69) is 33.6 Å². The molecule has 2 aromatic rings. The van der Waals surface area contributed by atoms with E-state index in [4.69, 9.17) is 0 Å². The number of hydrogen-bond acceptors (Lipinski definition) is 4. The first-order chi connectivity index (χ1) is 10.7. The molecule has 1 aliphatic heterocycles. The highest BCUT2D eigenvalue weighted by atomic mass is 32.1. The number of carbonyl (C=O) groups excluding carboxylic acids is 1. The molecule has 0 aromatic carbocycles. The molecule has 0 N–H and O–H groups in total. The van der Waals surface area contributed by atoms with Crippen molar-refractivity contribution in [3.05, 3.63) is 34.3 Å². The van der Waals surface area contributed by atoms with Gasteiger partial charge in [-0.2, -0.15) is 0 Å². The summed E-state index contributed by atoms with van der Waals surface area (Å²) < 4.78 is 1.93. The smallest absolute Gasteiger partial charge is 0.226 e. The Morgan fingerprint density at radius 2 is 2.18 bits per heavy atom. The van der Waals surface area contributed by atoms with E-state index in [-0.39, 0.29) is 5.92 Å². The van der Waals surface area contributed by atoms with Crippen LogP contribution in [0.5, 0.6) is 0 Å². The summed E-state index contributed by atoms with van der Waals surface area (Å²) >= 11 is 1.80. The molecule has 0 radical (unpaired) electrons. The zero-order valence-electron chi connectivity index (χ0n) is 12.7. The van der Waals surface area contributed by atoms with Crippen molar-refractivity contribution in [2.24, 2.45) is 5.92 Å². The predicted octanol–water partition coefficient (Wildman–Crippen LogP) is 2.62. The van der Waals surface area contributed by atoms with Crippen LogP contribution in [0.25, 0.3) is 0 Å². The Balaban J connectivity index is 1.35. The van der Waals surface area contributed by atoms with Crippen molar-refractivity contribution in [1.82, 2.24) is 19.9 Å². The highest BCUT2D eigenvalue weighted by Gasteiger charge is 2.47. The maximum absolute atomic E-state index is 12.7. The number of amides is 1. The molecule has 116 valence electrons. The third-order valence-corrected chi connectivity index (χ3v) is 6.09. The maximum atomic E-state index is 12.7. The lowest BCUT2D eigenvalue weighted by Crippen LogP contribution is -2.40. The molecule has 22 heavy (non-hydrogen) atoms. The lowest BCUT2D eigenvalue weighted by atomic mass is 10.0. The van der Waals surface area contributed by atoms with Crippen molar-refractivity contribution in [3.63, 3.8) is 0 Å². The number of carbonyl (C=O) groups is 1. The summed E-state index contributed by atoms with van der Waals surface area (Å²) in [5.74, 6) is 1.05. The van der Waals surface area contributed by atoms with Gasteiger partial charge in [-0.05, 0) is 43.2 Å². The van der Waals surface area contributed by atoms with Crippen LogP contribution in [0.2, 0.25) is 0 Å². The van der Waals surface area contributed by atoms with Gasteiger partial charge in [0.2, 0.25) is 5.91 Å². The monoisotopic (exact) mass is 316 g/mol. The number of nitrogens with zero attached hydrogens (tertiary/aromatic N) is 4. The molecule has 2 fully saturated rings. The first kappa shape index (κ1) is 13.9. The Labute approximate surface area is 133 Å². The lowest BCUT2D eigenvalue weighted by molar-refractivity contribution is -0.134. The second kappa shape index (κ2) is 5.50. The van der Waals surface area contributed by atoms with Gasteiger partial charge in [0.1, 0.15) is 0 Å². The second-order valence-electron chi connectivity index (χ2n) is 6.36. The lowest BCUT2D eigenvalue weighted by Gasteiger charge is -2.32. The van der Waals surface area contributed by atoms with Gasteiger partial charge in [-0.15, -0.1) is 16.4 Å². The molecular formula is C16H20N4OS. The molecule has 5 nitrogen and oxygen atoms in total. The quantitative estimate of drug-likeness (QED) is 0.874. The second-order valence-corrected chi connectivity index (χ2v) is 7.30. The number of aryl methyl sites for hydroxylation is 1. The average molecular weight is 316 g/mol. The summed E-state index contributed by atoms with van der Waals surface area (Å²) in [5.41, 5.74) is 1.34. The number of rotatable bonds is 3. The van der Waals surface area contributed by atoms with Gasteiger partial charge in [0.15, 0.2) is 0 Å². The molecule has 1 saturated heterocycles. The summed E-state index contributed by atoms with van der Waals surface area (Å²) in [6.07, 6.45) is 6.62. The van der Waals surface area contributed by atoms with E-state index in [0.717, 1.165) is 32.4 Å². The Morgan fingerprint density at radius 3 is 2.82 bits per heavy atom. The summed E-state index contributed by atoms with van der Waals surface area (Å²) in [6.45, 7) is 3.83. The van der Waals surface area contributed by atoms with Gasteiger partial charge in [0, 0.05) is 36.0 Å². The number of piperidine rings is 1. The minimum absolute atomic E-state index is 0.222. The largest absolute Gasteiger partial charge is 0.342 e. The van der Waals surface area contributed by atoms with Crippen LogP contribution in [0, 0.1) is 12.8 Å². The molecule has 3 heterocycles. The third kappa shape index (κ3) is 2.45. The first-order valence-corrected chi connectivity index (χ1v) is 8.80. The summed E-state index contributed by atoms with van der Waals surface area (Å²) in [5, 5.41) is 10.1. The molecule has 2 aromatic heterocycles. The zero-order chi connectivity index (χ0) is 15.1. The van der Waals surface area contributed by atoms with Crippen LogP contribution < -0.4 is 0 Å². The Kier molecular flexibility index (Phi) is 3.48. The molecular weight excluding hydrogens is 296 g/mol. The summed E-state index contributed by atoms with van der Waals surface area (Å²) in [6, 6.07) is 2.55.